The van der Waals surface area contributed by atoms with E-state index in [1.165, 1.54) is 0 Å². The Hall–Kier alpha value is -2.75. The van der Waals surface area contributed by atoms with E-state index in [0.29, 0.717) is 11.3 Å². The maximum atomic E-state index is 12.2. The summed E-state index contributed by atoms with van der Waals surface area (Å²) in [5.41, 5.74) is 3.88. The Morgan fingerprint density at radius 3 is 2.82 bits per heavy atom. The molecule has 0 spiro atoms. The highest BCUT2D eigenvalue weighted by molar-refractivity contribution is 6.14. The molecule has 2 aliphatic rings. The first kappa shape index (κ1) is 14.2. The molecule has 0 saturated heterocycles. The summed E-state index contributed by atoms with van der Waals surface area (Å²) in [7, 11) is 0. The van der Waals surface area contributed by atoms with Crippen LogP contribution in [0.15, 0.2) is 64.8 Å². The highest BCUT2D eigenvalue weighted by Crippen LogP contribution is 2.26. The van der Waals surface area contributed by atoms with Crippen molar-refractivity contribution in [3.8, 4) is 0 Å². The van der Waals surface area contributed by atoms with E-state index in [4.69, 9.17) is 0 Å². The van der Waals surface area contributed by atoms with Crippen molar-refractivity contribution in [2.45, 2.75) is 13.8 Å². The summed E-state index contributed by atoms with van der Waals surface area (Å²) in [6.07, 6.45) is 7.11. The van der Waals surface area contributed by atoms with Gasteiger partial charge < -0.3 is 5.32 Å². The second-order valence-electron chi connectivity index (χ2n) is 5.53. The van der Waals surface area contributed by atoms with E-state index in [2.05, 4.69) is 10.3 Å². The highest BCUT2D eigenvalue weighted by atomic mass is 16.2. The highest BCUT2D eigenvalue weighted by Gasteiger charge is 2.23. The molecule has 0 fully saturated rings. The molecule has 4 heteroatoms. The van der Waals surface area contributed by atoms with Gasteiger partial charge in [0.05, 0.1) is 5.71 Å². The van der Waals surface area contributed by atoms with Crippen LogP contribution in [0, 0.1) is 12.8 Å². The standard InChI is InChI=1S/C18H16N2O2/c1-11-4-3-5-13(8-11)18(22)19-14-6-7-15-12(2)9-17(21)20-16(15)10-14/h3-10,15H,1-2H3,(H,20,21). The lowest BCUT2D eigenvalue weighted by molar-refractivity contribution is -0.116. The van der Waals surface area contributed by atoms with Crippen LogP contribution in [0.1, 0.15) is 22.8 Å². The number of fused-ring (bicyclic) bond motifs is 1. The minimum absolute atomic E-state index is 0.0609. The van der Waals surface area contributed by atoms with Crippen molar-refractivity contribution >= 4 is 17.5 Å². The Balaban J connectivity index is 1.88. The van der Waals surface area contributed by atoms with Crippen molar-refractivity contribution in [3.05, 3.63) is 71.0 Å². The lowest BCUT2D eigenvalue weighted by atomic mass is 9.89. The molecule has 2 amide bonds. The van der Waals surface area contributed by atoms with E-state index in [1.54, 1.807) is 18.2 Å². The molecular formula is C18H16N2O2. The van der Waals surface area contributed by atoms with Crippen LogP contribution in [0.5, 0.6) is 0 Å². The number of benzene rings is 1. The van der Waals surface area contributed by atoms with Crippen LogP contribution in [0.25, 0.3) is 0 Å². The zero-order valence-corrected chi connectivity index (χ0v) is 12.5. The van der Waals surface area contributed by atoms with Gasteiger partial charge >= 0.3 is 0 Å². The predicted molar refractivity (Wildman–Crippen MR) is 85.6 cm³/mol. The van der Waals surface area contributed by atoms with Gasteiger partial charge in [-0.05, 0) is 38.1 Å². The van der Waals surface area contributed by atoms with Crippen LogP contribution in [0.4, 0.5) is 0 Å². The van der Waals surface area contributed by atoms with Gasteiger partial charge in [-0.1, -0.05) is 29.3 Å². The number of nitrogens with one attached hydrogen (secondary N) is 1. The number of aliphatic imine (C=N–C) groups is 1. The zero-order valence-electron chi connectivity index (χ0n) is 12.5. The summed E-state index contributed by atoms with van der Waals surface area (Å²) in [4.78, 5) is 27.9. The molecule has 1 aromatic carbocycles. The molecule has 0 saturated carbocycles. The third-order valence-electron chi connectivity index (χ3n) is 3.71. The van der Waals surface area contributed by atoms with Gasteiger partial charge in [-0.3, -0.25) is 9.59 Å². The molecule has 4 nitrogen and oxygen atoms in total. The SMILES string of the molecule is CC1=CC(=O)NC2=CC(=NC(=O)c3cccc(C)c3)C=CC12. The quantitative estimate of drug-likeness (QED) is 0.865. The Labute approximate surface area is 128 Å². The fourth-order valence-corrected chi connectivity index (χ4v) is 2.61. The topological polar surface area (TPSA) is 58.5 Å². The fraction of sp³-hybridized carbons (Fsp3) is 0.167. The van der Waals surface area contributed by atoms with Crippen LogP contribution >= 0.6 is 0 Å². The Morgan fingerprint density at radius 2 is 2.05 bits per heavy atom. The van der Waals surface area contributed by atoms with Gasteiger partial charge in [0.15, 0.2) is 0 Å². The summed E-state index contributed by atoms with van der Waals surface area (Å²) < 4.78 is 0. The van der Waals surface area contributed by atoms with Crippen LogP contribution < -0.4 is 5.32 Å². The van der Waals surface area contributed by atoms with E-state index in [1.807, 2.05) is 44.2 Å². The molecule has 1 aliphatic heterocycles. The number of amides is 2. The van der Waals surface area contributed by atoms with E-state index in [0.717, 1.165) is 16.8 Å². The first-order valence-electron chi connectivity index (χ1n) is 7.11. The van der Waals surface area contributed by atoms with Crippen LogP contribution in [0.2, 0.25) is 0 Å². The Kier molecular flexibility index (Phi) is 3.59. The summed E-state index contributed by atoms with van der Waals surface area (Å²) >= 11 is 0. The van der Waals surface area contributed by atoms with E-state index in [9.17, 15) is 9.59 Å². The minimum atomic E-state index is -0.284. The molecule has 0 bridgehead atoms. The molecule has 22 heavy (non-hydrogen) atoms. The van der Waals surface area contributed by atoms with Crippen molar-refractivity contribution < 1.29 is 9.59 Å². The number of aryl methyl sites for hydroxylation is 1. The number of hydrogen-bond donors (Lipinski definition) is 1. The van der Waals surface area contributed by atoms with Gasteiger partial charge in [0.25, 0.3) is 5.91 Å². The van der Waals surface area contributed by atoms with Crippen molar-refractivity contribution in [3.63, 3.8) is 0 Å². The fourth-order valence-electron chi connectivity index (χ4n) is 2.61. The first-order valence-corrected chi connectivity index (χ1v) is 7.11. The lowest BCUT2D eigenvalue weighted by Crippen LogP contribution is -2.32. The largest absolute Gasteiger partial charge is 0.325 e. The first-order chi connectivity index (χ1) is 10.5. The summed E-state index contributed by atoms with van der Waals surface area (Å²) in [6, 6.07) is 7.33. The monoisotopic (exact) mass is 292 g/mol. The third-order valence-corrected chi connectivity index (χ3v) is 3.71. The third kappa shape index (κ3) is 2.81. The number of rotatable bonds is 1. The molecule has 1 unspecified atom stereocenters. The second-order valence-corrected chi connectivity index (χ2v) is 5.53. The van der Waals surface area contributed by atoms with Crippen molar-refractivity contribution in [1.82, 2.24) is 5.32 Å². The van der Waals surface area contributed by atoms with E-state index < -0.39 is 0 Å². The van der Waals surface area contributed by atoms with Gasteiger partial charge in [-0.15, -0.1) is 0 Å². The van der Waals surface area contributed by atoms with Crippen LogP contribution in [0.3, 0.4) is 0 Å². The minimum Gasteiger partial charge on any atom is -0.325 e. The molecule has 1 N–H and O–H groups in total. The molecule has 0 aromatic heterocycles. The van der Waals surface area contributed by atoms with Crippen molar-refractivity contribution in [2.24, 2.45) is 10.9 Å². The Morgan fingerprint density at radius 1 is 1.23 bits per heavy atom. The molecule has 110 valence electrons. The van der Waals surface area contributed by atoms with Gasteiger partial charge in [0, 0.05) is 23.3 Å². The number of carbonyl (C=O) groups is 2. The summed E-state index contributed by atoms with van der Waals surface area (Å²) in [6.45, 7) is 3.85. The average molecular weight is 292 g/mol. The van der Waals surface area contributed by atoms with E-state index in [-0.39, 0.29) is 17.7 Å². The Bertz CT molecular complexity index is 782. The molecule has 0 radical (unpaired) electrons. The number of carbonyl (C=O) groups excluding carboxylic acids is 2. The van der Waals surface area contributed by atoms with Crippen LogP contribution in [-0.4, -0.2) is 17.5 Å². The van der Waals surface area contributed by atoms with Gasteiger partial charge in [-0.2, -0.15) is 0 Å². The predicted octanol–water partition coefficient (Wildman–Crippen LogP) is 2.72. The number of allylic oxidation sites excluding steroid dienone is 3. The van der Waals surface area contributed by atoms with Crippen molar-refractivity contribution in [2.75, 3.05) is 0 Å². The van der Waals surface area contributed by atoms with Gasteiger partial charge in [0.1, 0.15) is 0 Å². The normalized spacial score (nSPS) is 21.8. The molecule has 1 heterocycles. The van der Waals surface area contributed by atoms with Gasteiger partial charge in [0.2, 0.25) is 5.91 Å². The molecule has 3 rings (SSSR count). The number of nitrogens with zero attached hydrogens (tertiary/aromatic N) is 1. The average Bonchev–Trinajstić information content (AvgIpc) is 2.46. The lowest BCUT2D eigenvalue weighted by Gasteiger charge is -2.25. The maximum Gasteiger partial charge on any atom is 0.277 e. The number of hydrogen-bond acceptors (Lipinski definition) is 2. The molecule has 1 atom stereocenters. The molecule has 1 aliphatic carbocycles. The van der Waals surface area contributed by atoms with E-state index >= 15 is 0 Å². The van der Waals surface area contributed by atoms with Crippen LogP contribution in [-0.2, 0) is 4.79 Å². The second kappa shape index (κ2) is 5.56. The zero-order chi connectivity index (χ0) is 15.7. The smallest absolute Gasteiger partial charge is 0.277 e. The van der Waals surface area contributed by atoms with Gasteiger partial charge in [-0.25, -0.2) is 4.99 Å². The summed E-state index contributed by atoms with van der Waals surface area (Å²) in [5.74, 6) is -0.363. The maximum absolute atomic E-state index is 12.2. The molecule has 1 aromatic rings. The molecular weight excluding hydrogens is 276 g/mol. The summed E-state index contributed by atoms with van der Waals surface area (Å²) in [5, 5.41) is 2.80. The van der Waals surface area contributed by atoms with Crippen molar-refractivity contribution in [1.29, 1.82) is 0 Å².